The first-order valence-corrected chi connectivity index (χ1v) is 10.3. The van der Waals surface area contributed by atoms with Gasteiger partial charge in [-0.25, -0.2) is 0 Å². The fourth-order valence-corrected chi connectivity index (χ4v) is 4.03. The number of thiophene rings is 1. The average Bonchev–Trinajstić information content (AvgIpc) is 3.06. The van der Waals surface area contributed by atoms with Gasteiger partial charge in [0.2, 0.25) is 0 Å². The molecule has 1 unspecified atom stereocenters. The molecule has 1 atom stereocenters. The summed E-state index contributed by atoms with van der Waals surface area (Å²) in [7, 11) is 0. The zero-order valence-electron chi connectivity index (χ0n) is 16.1. The molecule has 0 aromatic carbocycles. The maximum atomic E-state index is 4.83. The van der Waals surface area contributed by atoms with E-state index in [0.29, 0.717) is 18.0 Å². The summed E-state index contributed by atoms with van der Waals surface area (Å²) in [5.74, 6) is 1.56. The standard InChI is InChI=1S/C19H34N4S.HI/c1-5-20-19(21-14-16(4)13-18-7-6-12-24-18)22-17-8-10-23(11-9-17)15(2)3;/h6-7,12,15-17H,5,8-11,13-14H2,1-4H3,(H2,20,21,22);1H. The number of piperidine rings is 1. The second-order valence-electron chi connectivity index (χ2n) is 7.16. The van der Waals surface area contributed by atoms with Crippen LogP contribution >= 0.6 is 35.3 Å². The number of guanidine groups is 1. The molecule has 6 heteroatoms. The van der Waals surface area contributed by atoms with Crippen LogP contribution in [0.3, 0.4) is 0 Å². The number of aliphatic imine (C=N–C) groups is 1. The van der Waals surface area contributed by atoms with Crippen LogP contribution in [0.1, 0.15) is 45.4 Å². The van der Waals surface area contributed by atoms with Crippen molar-refractivity contribution in [3.63, 3.8) is 0 Å². The van der Waals surface area contributed by atoms with Gasteiger partial charge in [0, 0.05) is 43.1 Å². The summed E-state index contributed by atoms with van der Waals surface area (Å²) < 4.78 is 0. The van der Waals surface area contributed by atoms with Crippen LogP contribution in [0.2, 0.25) is 0 Å². The van der Waals surface area contributed by atoms with Crippen molar-refractivity contribution in [3.8, 4) is 0 Å². The van der Waals surface area contributed by atoms with Crippen molar-refractivity contribution in [2.24, 2.45) is 10.9 Å². The first-order chi connectivity index (χ1) is 11.6. The van der Waals surface area contributed by atoms with E-state index in [4.69, 9.17) is 4.99 Å². The highest BCUT2D eigenvalue weighted by Crippen LogP contribution is 2.15. The first kappa shape index (κ1) is 22.7. The van der Waals surface area contributed by atoms with Gasteiger partial charge >= 0.3 is 0 Å². The summed E-state index contributed by atoms with van der Waals surface area (Å²) in [5.41, 5.74) is 0. The van der Waals surface area contributed by atoms with Gasteiger partial charge in [-0.3, -0.25) is 4.99 Å². The summed E-state index contributed by atoms with van der Waals surface area (Å²) in [4.78, 5) is 8.84. The molecular formula is C19H35IN4S. The minimum absolute atomic E-state index is 0. The maximum Gasteiger partial charge on any atom is 0.191 e. The van der Waals surface area contributed by atoms with Crippen LogP contribution in [0, 0.1) is 5.92 Å². The molecule has 2 rings (SSSR count). The smallest absolute Gasteiger partial charge is 0.191 e. The molecule has 1 fully saturated rings. The molecule has 4 nitrogen and oxygen atoms in total. The number of hydrogen-bond acceptors (Lipinski definition) is 3. The molecule has 1 aliphatic rings. The van der Waals surface area contributed by atoms with Gasteiger partial charge < -0.3 is 15.5 Å². The summed E-state index contributed by atoms with van der Waals surface area (Å²) >= 11 is 1.84. The lowest BCUT2D eigenvalue weighted by atomic mass is 10.0. The second kappa shape index (κ2) is 12.1. The Morgan fingerprint density at radius 3 is 2.60 bits per heavy atom. The van der Waals surface area contributed by atoms with Gasteiger partial charge in [-0.1, -0.05) is 13.0 Å². The first-order valence-electron chi connectivity index (χ1n) is 9.39. The van der Waals surface area contributed by atoms with Gasteiger partial charge in [-0.05, 0) is 57.4 Å². The second-order valence-corrected chi connectivity index (χ2v) is 8.19. The number of hydrogen-bond donors (Lipinski definition) is 2. The highest BCUT2D eigenvalue weighted by atomic mass is 127. The van der Waals surface area contributed by atoms with E-state index in [9.17, 15) is 0 Å². The van der Waals surface area contributed by atoms with Gasteiger partial charge in [0.1, 0.15) is 0 Å². The van der Waals surface area contributed by atoms with E-state index in [0.717, 1.165) is 25.5 Å². The summed E-state index contributed by atoms with van der Waals surface area (Å²) in [5, 5.41) is 9.20. The third kappa shape index (κ3) is 8.26. The van der Waals surface area contributed by atoms with Crippen molar-refractivity contribution in [1.29, 1.82) is 0 Å². The Bertz CT molecular complexity index is 482. The van der Waals surface area contributed by atoms with Crippen LogP contribution in [0.25, 0.3) is 0 Å². The van der Waals surface area contributed by atoms with E-state index in [-0.39, 0.29) is 24.0 Å². The van der Waals surface area contributed by atoms with Crippen molar-refractivity contribution in [3.05, 3.63) is 22.4 Å². The molecule has 0 spiro atoms. The van der Waals surface area contributed by atoms with Crippen molar-refractivity contribution < 1.29 is 0 Å². The Kier molecular flexibility index (Phi) is 11.0. The van der Waals surface area contributed by atoms with Crippen LogP contribution < -0.4 is 10.6 Å². The largest absolute Gasteiger partial charge is 0.357 e. The van der Waals surface area contributed by atoms with Crippen molar-refractivity contribution in [2.75, 3.05) is 26.2 Å². The molecule has 1 aliphatic heterocycles. The van der Waals surface area contributed by atoms with E-state index >= 15 is 0 Å². The van der Waals surface area contributed by atoms with Crippen LogP contribution in [0.15, 0.2) is 22.5 Å². The lowest BCUT2D eigenvalue weighted by Crippen LogP contribution is -2.50. The molecule has 1 saturated heterocycles. The molecule has 144 valence electrons. The molecule has 25 heavy (non-hydrogen) atoms. The monoisotopic (exact) mass is 478 g/mol. The number of nitrogens with one attached hydrogen (secondary N) is 2. The molecule has 0 saturated carbocycles. The van der Waals surface area contributed by atoms with Gasteiger partial charge in [0.05, 0.1) is 0 Å². The predicted octanol–water partition coefficient (Wildman–Crippen LogP) is 3.97. The quantitative estimate of drug-likeness (QED) is 0.354. The van der Waals surface area contributed by atoms with Crippen molar-refractivity contribution in [2.45, 2.75) is 59.0 Å². The molecule has 0 aliphatic carbocycles. The molecule has 2 heterocycles. The van der Waals surface area contributed by atoms with Gasteiger partial charge in [-0.15, -0.1) is 35.3 Å². The van der Waals surface area contributed by atoms with Crippen molar-refractivity contribution >= 4 is 41.3 Å². The normalized spacial score (nSPS) is 18.0. The molecule has 0 bridgehead atoms. The lowest BCUT2D eigenvalue weighted by molar-refractivity contribution is 0.167. The molecule has 1 aromatic heterocycles. The van der Waals surface area contributed by atoms with Gasteiger partial charge in [0.15, 0.2) is 5.96 Å². The number of nitrogens with zero attached hydrogens (tertiary/aromatic N) is 2. The highest BCUT2D eigenvalue weighted by Gasteiger charge is 2.21. The molecule has 0 amide bonds. The Morgan fingerprint density at radius 1 is 1.32 bits per heavy atom. The van der Waals surface area contributed by atoms with E-state index < -0.39 is 0 Å². The number of rotatable bonds is 7. The molecular weight excluding hydrogens is 443 g/mol. The van der Waals surface area contributed by atoms with E-state index in [1.807, 2.05) is 11.3 Å². The zero-order valence-corrected chi connectivity index (χ0v) is 19.3. The van der Waals surface area contributed by atoms with E-state index in [1.54, 1.807) is 0 Å². The van der Waals surface area contributed by atoms with Crippen LogP contribution in [0.5, 0.6) is 0 Å². The number of likely N-dealkylation sites (tertiary alicyclic amines) is 1. The third-order valence-electron chi connectivity index (χ3n) is 4.64. The predicted molar refractivity (Wildman–Crippen MR) is 121 cm³/mol. The Labute approximate surface area is 174 Å². The third-order valence-corrected chi connectivity index (χ3v) is 5.53. The van der Waals surface area contributed by atoms with Crippen LogP contribution in [-0.4, -0.2) is 49.1 Å². The highest BCUT2D eigenvalue weighted by molar-refractivity contribution is 14.0. The maximum absolute atomic E-state index is 4.83. The summed E-state index contributed by atoms with van der Waals surface area (Å²) in [6, 6.07) is 5.55. The van der Waals surface area contributed by atoms with Gasteiger partial charge in [0.25, 0.3) is 0 Å². The molecule has 1 aromatic rings. The SMILES string of the molecule is CCNC(=NCC(C)Cc1cccs1)NC1CCN(C(C)C)CC1.I. The minimum Gasteiger partial charge on any atom is -0.357 e. The lowest BCUT2D eigenvalue weighted by Gasteiger charge is -2.35. The molecule has 0 radical (unpaired) electrons. The zero-order chi connectivity index (χ0) is 17.4. The molecule has 2 N–H and O–H groups in total. The topological polar surface area (TPSA) is 39.7 Å². The van der Waals surface area contributed by atoms with E-state index in [2.05, 4.69) is 60.7 Å². The Balaban J connectivity index is 0.00000312. The minimum atomic E-state index is 0. The fraction of sp³-hybridized carbons (Fsp3) is 0.737. The Hall–Kier alpha value is -0.340. The summed E-state index contributed by atoms with van der Waals surface area (Å²) in [6.07, 6.45) is 3.52. The van der Waals surface area contributed by atoms with E-state index in [1.165, 1.54) is 30.8 Å². The fourth-order valence-electron chi connectivity index (χ4n) is 3.16. The number of halogens is 1. The van der Waals surface area contributed by atoms with Crippen LogP contribution in [-0.2, 0) is 6.42 Å². The Morgan fingerprint density at radius 2 is 2.04 bits per heavy atom. The average molecular weight is 478 g/mol. The summed E-state index contributed by atoms with van der Waals surface area (Å²) in [6.45, 7) is 13.1. The van der Waals surface area contributed by atoms with Gasteiger partial charge in [-0.2, -0.15) is 0 Å². The van der Waals surface area contributed by atoms with Crippen LogP contribution in [0.4, 0.5) is 0 Å². The van der Waals surface area contributed by atoms with Crippen molar-refractivity contribution in [1.82, 2.24) is 15.5 Å².